The van der Waals surface area contributed by atoms with Crippen molar-refractivity contribution in [3.63, 3.8) is 0 Å². The minimum absolute atomic E-state index is 0.246. The van der Waals surface area contributed by atoms with Gasteiger partial charge in [-0.2, -0.15) is 0 Å². The molecule has 1 unspecified atom stereocenters. The number of hydrogen-bond acceptors (Lipinski definition) is 3. The molecule has 0 fully saturated rings. The van der Waals surface area contributed by atoms with Crippen molar-refractivity contribution in [1.82, 2.24) is 5.32 Å². The molecular formula is C17H20FNO2. The molecule has 0 bridgehead atoms. The van der Waals surface area contributed by atoms with Crippen molar-refractivity contribution in [1.29, 1.82) is 0 Å². The largest absolute Gasteiger partial charge is 0.493 e. The fourth-order valence-corrected chi connectivity index (χ4v) is 2.50. The molecule has 0 heterocycles. The molecule has 4 heteroatoms. The van der Waals surface area contributed by atoms with Crippen molar-refractivity contribution in [3.05, 3.63) is 58.9 Å². The summed E-state index contributed by atoms with van der Waals surface area (Å²) in [6, 6.07) is 10.4. The molecule has 0 saturated heterocycles. The molecule has 0 saturated carbocycles. The molecule has 0 amide bonds. The summed E-state index contributed by atoms with van der Waals surface area (Å²) < 4.78 is 25.0. The minimum Gasteiger partial charge on any atom is -0.493 e. The van der Waals surface area contributed by atoms with Crippen molar-refractivity contribution >= 4 is 0 Å². The maximum Gasteiger partial charge on any atom is 0.165 e. The van der Waals surface area contributed by atoms with Crippen LogP contribution in [0.25, 0.3) is 0 Å². The van der Waals surface area contributed by atoms with Crippen molar-refractivity contribution in [2.24, 2.45) is 0 Å². The standard InChI is InChI=1S/C17H20FNO2/c1-11-8-9-14(18)13(10-11)16(19-2)12-6-5-7-15(20-3)17(12)21-4/h5-10,16,19H,1-4H3. The van der Waals surface area contributed by atoms with Crippen LogP contribution in [0.4, 0.5) is 4.39 Å². The Morgan fingerprint density at radius 2 is 1.81 bits per heavy atom. The zero-order valence-electron chi connectivity index (χ0n) is 12.7. The van der Waals surface area contributed by atoms with Crippen LogP contribution in [-0.2, 0) is 0 Å². The average molecular weight is 289 g/mol. The van der Waals surface area contributed by atoms with E-state index in [1.807, 2.05) is 31.2 Å². The number of nitrogens with one attached hydrogen (secondary N) is 1. The summed E-state index contributed by atoms with van der Waals surface area (Å²) in [6.07, 6.45) is 0. The third-order valence-electron chi connectivity index (χ3n) is 3.50. The Labute approximate surface area is 124 Å². The van der Waals surface area contributed by atoms with Gasteiger partial charge in [-0.25, -0.2) is 4.39 Å². The van der Waals surface area contributed by atoms with E-state index in [2.05, 4.69) is 5.32 Å². The highest BCUT2D eigenvalue weighted by Crippen LogP contribution is 2.37. The van der Waals surface area contributed by atoms with E-state index in [4.69, 9.17) is 9.47 Å². The van der Waals surface area contributed by atoms with Gasteiger partial charge in [-0.05, 0) is 26.1 Å². The van der Waals surface area contributed by atoms with Gasteiger partial charge in [0.1, 0.15) is 5.82 Å². The Kier molecular flexibility index (Phi) is 4.81. The van der Waals surface area contributed by atoms with E-state index >= 15 is 0 Å². The second-order valence-corrected chi connectivity index (χ2v) is 4.83. The minimum atomic E-state index is -0.310. The number of rotatable bonds is 5. The van der Waals surface area contributed by atoms with E-state index in [0.29, 0.717) is 17.1 Å². The molecule has 0 aliphatic heterocycles. The van der Waals surface area contributed by atoms with Crippen LogP contribution in [0.1, 0.15) is 22.7 Å². The number of halogens is 1. The third kappa shape index (κ3) is 3.00. The van der Waals surface area contributed by atoms with Crippen LogP contribution in [0, 0.1) is 12.7 Å². The van der Waals surface area contributed by atoms with Gasteiger partial charge in [0.05, 0.1) is 20.3 Å². The maximum atomic E-state index is 14.2. The second-order valence-electron chi connectivity index (χ2n) is 4.83. The number of benzene rings is 2. The fourth-order valence-electron chi connectivity index (χ4n) is 2.50. The highest BCUT2D eigenvalue weighted by molar-refractivity contribution is 5.51. The molecule has 1 N–H and O–H groups in total. The first-order valence-corrected chi connectivity index (χ1v) is 6.76. The highest BCUT2D eigenvalue weighted by atomic mass is 19.1. The van der Waals surface area contributed by atoms with E-state index in [1.54, 1.807) is 27.3 Å². The van der Waals surface area contributed by atoms with Gasteiger partial charge in [0, 0.05) is 11.1 Å². The molecule has 0 aliphatic rings. The number of hydrogen-bond donors (Lipinski definition) is 1. The highest BCUT2D eigenvalue weighted by Gasteiger charge is 2.22. The van der Waals surface area contributed by atoms with Crippen molar-refractivity contribution in [3.8, 4) is 11.5 Å². The number of para-hydroxylation sites is 1. The first kappa shape index (κ1) is 15.3. The first-order chi connectivity index (χ1) is 10.1. The quantitative estimate of drug-likeness (QED) is 0.914. The molecule has 3 nitrogen and oxygen atoms in total. The van der Waals surface area contributed by atoms with Gasteiger partial charge in [-0.15, -0.1) is 0 Å². The Morgan fingerprint density at radius 3 is 2.43 bits per heavy atom. The lowest BCUT2D eigenvalue weighted by molar-refractivity contribution is 0.349. The smallest absolute Gasteiger partial charge is 0.165 e. The number of ether oxygens (including phenoxy) is 2. The van der Waals surface area contributed by atoms with Crippen molar-refractivity contribution in [2.75, 3.05) is 21.3 Å². The van der Waals surface area contributed by atoms with Crippen LogP contribution >= 0.6 is 0 Å². The summed E-state index contributed by atoms with van der Waals surface area (Å²) in [5.74, 6) is 0.994. The molecule has 0 aromatic heterocycles. The number of methoxy groups -OCH3 is 2. The molecule has 0 spiro atoms. The monoisotopic (exact) mass is 289 g/mol. The van der Waals surface area contributed by atoms with E-state index < -0.39 is 0 Å². The van der Waals surface area contributed by atoms with E-state index in [9.17, 15) is 4.39 Å². The summed E-state index contributed by atoms with van der Waals surface area (Å²) in [5.41, 5.74) is 2.43. The van der Waals surface area contributed by atoms with Gasteiger partial charge in [-0.3, -0.25) is 0 Å². The predicted molar refractivity (Wildman–Crippen MR) is 81.6 cm³/mol. The summed E-state index contributed by atoms with van der Waals surface area (Å²) in [7, 11) is 4.97. The van der Waals surface area contributed by atoms with Crippen LogP contribution in [0.3, 0.4) is 0 Å². The van der Waals surface area contributed by atoms with Crippen LogP contribution in [0.15, 0.2) is 36.4 Å². The Morgan fingerprint density at radius 1 is 1.05 bits per heavy atom. The Balaban J connectivity index is 2.59. The summed E-state index contributed by atoms with van der Waals surface area (Å²) in [6.45, 7) is 1.94. The fraction of sp³-hybridized carbons (Fsp3) is 0.294. The van der Waals surface area contributed by atoms with Crippen LogP contribution in [-0.4, -0.2) is 21.3 Å². The lowest BCUT2D eigenvalue weighted by atomic mass is 9.96. The van der Waals surface area contributed by atoms with E-state index in [1.165, 1.54) is 6.07 Å². The second kappa shape index (κ2) is 6.59. The zero-order chi connectivity index (χ0) is 15.4. The molecule has 2 aromatic carbocycles. The average Bonchev–Trinajstić information content (AvgIpc) is 2.51. The Bertz CT molecular complexity index is 628. The molecule has 0 aliphatic carbocycles. The van der Waals surface area contributed by atoms with Crippen LogP contribution < -0.4 is 14.8 Å². The topological polar surface area (TPSA) is 30.5 Å². The van der Waals surface area contributed by atoms with Crippen molar-refractivity contribution < 1.29 is 13.9 Å². The molecule has 1 atom stereocenters. The zero-order valence-corrected chi connectivity index (χ0v) is 12.7. The van der Waals surface area contributed by atoms with E-state index in [-0.39, 0.29) is 11.9 Å². The summed E-state index contributed by atoms with van der Waals surface area (Å²) >= 11 is 0. The Hall–Kier alpha value is -2.07. The SMILES string of the molecule is CNC(c1cc(C)ccc1F)c1cccc(OC)c1OC. The number of aryl methyl sites for hydroxylation is 1. The summed E-state index contributed by atoms with van der Waals surface area (Å²) in [4.78, 5) is 0. The van der Waals surface area contributed by atoms with Gasteiger partial charge in [0.25, 0.3) is 0 Å². The molecule has 112 valence electrons. The van der Waals surface area contributed by atoms with Gasteiger partial charge in [-0.1, -0.05) is 29.8 Å². The lowest BCUT2D eigenvalue weighted by Gasteiger charge is -2.22. The maximum absolute atomic E-state index is 14.2. The van der Waals surface area contributed by atoms with Crippen LogP contribution in [0.5, 0.6) is 11.5 Å². The first-order valence-electron chi connectivity index (χ1n) is 6.76. The van der Waals surface area contributed by atoms with Crippen molar-refractivity contribution in [2.45, 2.75) is 13.0 Å². The predicted octanol–water partition coefficient (Wildman–Crippen LogP) is 3.46. The molecule has 2 aromatic rings. The van der Waals surface area contributed by atoms with Crippen LogP contribution in [0.2, 0.25) is 0 Å². The lowest BCUT2D eigenvalue weighted by Crippen LogP contribution is -2.20. The molecule has 0 radical (unpaired) electrons. The van der Waals surface area contributed by atoms with Gasteiger partial charge in [0.15, 0.2) is 11.5 Å². The van der Waals surface area contributed by atoms with Gasteiger partial charge in [0.2, 0.25) is 0 Å². The van der Waals surface area contributed by atoms with E-state index in [0.717, 1.165) is 11.1 Å². The third-order valence-corrected chi connectivity index (χ3v) is 3.50. The van der Waals surface area contributed by atoms with Gasteiger partial charge < -0.3 is 14.8 Å². The normalized spacial score (nSPS) is 12.0. The molecular weight excluding hydrogens is 269 g/mol. The molecule has 2 rings (SSSR count). The molecule has 21 heavy (non-hydrogen) atoms. The van der Waals surface area contributed by atoms with Gasteiger partial charge >= 0.3 is 0 Å². The summed E-state index contributed by atoms with van der Waals surface area (Å²) in [5, 5.41) is 3.15.